The van der Waals surface area contributed by atoms with Gasteiger partial charge in [-0.05, 0) is 36.8 Å². The Morgan fingerprint density at radius 3 is 2.33 bits per heavy atom. The molecule has 2 rings (SSSR count). The Labute approximate surface area is 120 Å². The van der Waals surface area contributed by atoms with Crippen LogP contribution in [0, 0.1) is 10.1 Å². The van der Waals surface area contributed by atoms with Crippen molar-refractivity contribution in [3.8, 4) is 11.5 Å². The molecule has 2 aromatic rings. The Morgan fingerprint density at radius 1 is 1.19 bits per heavy atom. The average molecular weight is 287 g/mol. The van der Waals surface area contributed by atoms with E-state index in [4.69, 9.17) is 9.84 Å². The maximum atomic E-state index is 11.5. The summed E-state index contributed by atoms with van der Waals surface area (Å²) in [5.41, 5.74) is 0.505. The van der Waals surface area contributed by atoms with Crippen LogP contribution in [0.4, 0.5) is 5.69 Å². The summed E-state index contributed by atoms with van der Waals surface area (Å²) in [4.78, 5) is 21.7. The van der Waals surface area contributed by atoms with Crippen molar-refractivity contribution in [1.29, 1.82) is 0 Å². The summed E-state index contributed by atoms with van der Waals surface area (Å²) in [6.07, 6.45) is 0. The molecule has 0 aromatic heterocycles. The molecule has 0 radical (unpaired) electrons. The Kier molecular flexibility index (Phi) is 4.30. The van der Waals surface area contributed by atoms with Crippen LogP contribution in [0.25, 0.3) is 0 Å². The van der Waals surface area contributed by atoms with Gasteiger partial charge in [0.2, 0.25) is 0 Å². The Morgan fingerprint density at radius 2 is 1.81 bits per heavy atom. The normalized spacial score (nSPS) is 10.2. The van der Waals surface area contributed by atoms with Gasteiger partial charge in [-0.15, -0.1) is 0 Å². The quantitative estimate of drug-likeness (QED) is 0.518. The average Bonchev–Trinajstić information content (AvgIpc) is 2.47. The number of ether oxygens (including phenoxy) is 1. The molecule has 0 unspecified atom stereocenters. The number of carbonyl (C=O) groups excluding carboxylic acids is 1. The molecule has 0 saturated heterocycles. The number of rotatable bonds is 5. The molecule has 0 saturated carbocycles. The van der Waals surface area contributed by atoms with E-state index < -0.39 is 10.7 Å². The second kappa shape index (κ2) is 6.15. The largest absolute Gasteiger partial charge is 0.457 e. The van der Waals surface area contributed by atoms with Crippen molar-refractivity contribution in [1.82, 2.24) is 0 Å². The van der Waals surface area contributed by atoms with Gasteiger partial charge in [0.15, 0.2) is 5.78 Å². The number of Topliss-reactive ketones (excluding diaryl/α,β-unsaturated/α-hetero) is 1. The number of benzene rings is 2. The van der Waals surface area contributed by atoms with E-state index in [1.807, 2.05) is 0 Å². The third kappa shape index (κ3) is 3.43. The minimum atomic E-state index is -0.601. The van der Waals surface area contributed by atoms with Crippen LogP contribution >= 0.6 is 0 Å². The number of ketones is 1. The predicted molar refractivity (Wildman–Crippen MR) is 75.5 cm³/mol. The van der Waals surface area contributed by atoms with Crippen LogP contribution in [-0.2, 0) is 6.61 Å². The van der Waals surface area contributed by atoms with E-state index in [1.54, 1.807) is 24.3 Å². The van der Waals surface area contributed by atoms with Gasteiger partial charge in [-0.2, -0.15) is 0 Å². The second-order valence-electron chi connectivity index (χ2n) is 4.40. The number of aliphatic hydroxyl groups is 1. The topological polar surface area (TPSA) is 89.7 Å². The standard InChI is InChI=1S/C15H13NO5/c1-10(18)14-8-13(6-7-15(14)16(19)20)21-12-4-2-11(9-17)3-5-12/h2-8,17H,9H2,1H3. The number of nitro groups is 1. The first-order valence-corrected chi connectivity index (χ1v) is 6.18. The van der Waals surface area contributed by atoms with Gasteiger partial charge in [0.25, 0.3) is 5.69 Å². The van der Waals surface area contributed by atoms with Gasteiger partial charge in [0.05, 0.1) is 17.1 Å². The SMILES string of the molecule is CC(=O)c1cc(Oc2ccc(CO)cc2)ccc1[N+](=O)[O-]. The third-order valence-corrected chi connectivity index (χ3v) is 2.89. The summed E-state index contributed by atoms with van der Waals surface area (Å²) in [5, 5.41) is 19.8. The van der Waals surface area contributed by atoms with Crippen molar-refractivity contribution in [2.45, 2.75) is 13.5 Å². The number of nitrogens with zero attached hydrogens (tertiary/aromatic N) is 1. The number of hydrogen-bond donors (Lipinski definition) is 1. The van der Waals surface area contributed by atoms with Gasteiger partial charge >= 0.3 is 0 Å². The minimum absolute atomic E-state index is 0.00415. The molecule has 6 heteroatoms. The minimum Gasteiger partial charge on any atom is -0.457 e. The van der Waals surface area contributed by atoms with Crippen LogP contribution in [-0.4, -0.2) is 15.8 Å². The lowest BCUT2D eigenvalue weighted by molar-refractivity contribution is -0.385. The highest BCUT2D eigenvalue weighted by Gasteiger charge is 2.18. The van der Waals surface area contributed by atoms with Gasteiger partial charge in [0, 0.05) is 6.07 Å². The van der Waals surface area contributed by atoms with Crippen molar-refractivity contribution in [2.75, 3.05) is 0 Å². The number of hydrogen-bond acceptors (Lipinski definition) is 5. The van der Waals surface area contributed by atoms with Crippen LogP contribution in [0.5, 0.6) is 11.5 Å². The highest BCUT2D eigenvalue weighted by atomic mass is 16.6. The Bertz CT molecular complexity index is 679. The van der Waals surface area contributed by atoms with Crippen molar-refractivity contribution >= 4 is 11.5 Å². The first-order chi connectivity index (χ1) is 10.0. The fourth-order valence-electron chi connectivity index (χ4n) is 1.82. The van der Waals surface area contributed by atoms with E-state index in [0.29, 0.717) is 11.5 Å². The summed E-state index contributed by atoms with van der Waals surface area (Å²) in [7, 11) is 0. The van der Waals surface area contributed by atoms with Crippen LogP contribution in [0.15, 0.2) is 42.5 Å². The maximum Gasteiger partial charge on any atom is 0.280 e. The van der Waals surface area contributed by atoms with Crippen molar-refractivity contribution in [3.63, 3.8) is 0 Å². The van der Waals surface area contributed by atoms with Crippen LogP contribution in [0.1, 0.15) is 22.8 Å². The van der Waals surface area contributed by atoms with Crippen molar-refractivity contribution in [2.24, 2.45) is 0 Å². The molecule has 6 nitrogen and oxygen atoms in total. The van der Waals surface area contributed by atoms with E-state index in [2.05, 4.69) is 0 Å². The molecule has 0 fully saturated rings. The summed E-state index contributed by atoms with van der Waals surface area (Å²) in [6.45, 7) is 1.20. The van der Waals surface area contributed by atoms with Crippen LogP contribution in [0.3, 0.4) is 0 Å². The molecule has 21 heavy (non-hydrogen) atoms. The van der Waals surface area contributed by atoms with E-state index in [1.165, 1.54) is 25.1 Å². The molecule has 1 N–H and O–H groups in total. The fraction of sp³-hybridized carbons (Fsp3) is 0.133. The lowest BCUT2D eigenvalue weighted by Gasteiger charge is -2.07. The predicted octanol–water partition coefficient (Wildman–Crippen LogP) is 3.08. The van der Waals surface area contributed by atoms with Gasteiger partial charge in [-0.1, -0.05) is 12.1 Å². The van der Waals surface area contributed by atoms with E-state index in [9.17, 15) is 14.9 Å². The lowest BCUT2D eigenvalue weighted by Crippen LogP contribution is -2.00. The third-order valence-electron chi connectivity index (χ3n) is 2.89. The first-order valence-electron chi connectivity index (χ1n) is 6.18. The lowest BCUT2D eigenvalue weighted by atomic mass is 10.1. The van der Waals surface area contributed by atoms with Gasteiger partial charge < -0.3 is 9.84 Å². The van der Waals surface area contributed by atoms with Crippen LogP contribution < -0.4 is 4.74 Å². The maximum absolute atomic E-state index is 11.5. The van der Waals surface area contributed by atoms with Crippen molar-refractivity contribution in [3.05, 3.63) is 63.7 Å². The molecule has 0 aliphatic rings. The summed E-state index contributed by atoms with van der Waals surface area (Å²) in [6, 6.07) is 10.8. The molecular weight excluding hydrogens is 274 g/mol. The highest BCUT2D eigenvalue weighted by molar-refractivity contribution is 5.98. The molecule has 0 atom stereocenters. The van der Waals surface area contributed by atoms with Crippen molar-refractivity contribution < 1.29 is 19.6 Å². The van der Waals surface area contributed by atoms with E-state index in [-0.39, 0.29) is 17.9 Å². The molecule has 0 aliphatic heterocycles. The van der Waals surface area contributed by atoms with Crippen LogP contribution in [0.2, 0.25) is 0 Å². The molecule has 0 aliphatic carbocycles. The molecule has 0 heterocycles. The zero-order valence-corrected chi connectivity index (χ0v) is 11.3. The Hall–Kier alpha value is -2.73. The van der Waals surface area contributed by atoms with Gasteiger partial charge in [0.1, 0.15) is 11.5 Å². The fourth-order valence-corrected chi connectivity index (χ4v) is 1.82. The highest BCUT2D eigenvalue weighted by Crippen LogP contribution is 2.28. The van der Waals surface area contributed by atoms with E-state index in [0.717, 1.165) is 5.56 Å². The first kappa shape index (κ1) is 14.7. The smallest absolute Gasteiger partial charge is 0.280 e. The number of carbonyl (C=O) groups is 1. The summed E-state index contributed by atoms with van der Waals surface area (Å²) in [5.74, 6) is 0.445. The molecule has 0 amide bonds. The zero-order valence-electron chi connectivity index (χ0n) is 11.3. The molecule has 108 valence electrons. The van der Waals surface area contributed by atoms with Gasteiger partial charge in [-0.3, -0.25) is 14.9 Å². The second-order valence-corrected chi connectivity index (χ2v) is 4.40. The monoisotopic (exact) mass is 287 g/mol. The summed E-state index contributed by atoms with van der Waals surface area (Å²) >= 11 is 0. The van der Waals surface area contributed by atoms with Gasteiger partial charge in [-0.25, -0.2) is 0 Å². The molecular formula is C15H13NO5. The molecule has 2 aromatic carbocycles. The Balaban J connectivity index is 2.29. The summed E-state index contributed by atoms with van der Waals surface area (Å²) < 4.78 is 5.55. The van der Waals surface area contributed by atoms with E-state index >= 15 is 0 Å². The number of aliphatic hydroxyl groups excluding tert-OH is 1. The molecule has 0 bridgehead atoms. The zero-order chi connectivity index (χ0) is 15.4. The molecule has 0 spiro atoms. The number of nitro benzene ring substituents is 1.